The van der Waals surface area contributed by atoms with Gasteiger partial charge in [-0.15, -0.1) is 0 Å². The fourth-order valence-electron chi connectivity index (χ4n) is 7.83. The molecule has 0 atom stereocenters. The zero-order chi connectivity index (χ0) is 33.5. The summed E-state index contributed by atoms with van der Waals surface area (Å²) in [5, 5.41) is 10.0. The first-order chi connectivity index (χ1) is 25.2. The molecular weight excluding hydrogens is 657 g/mol. The lowest BCUT2D eigenvalue weighted by atomic mass is 9.90. The molecule has 11 rings (SSSR count). The molecule has 0 amide bonds. The van der Waals surface area contributed by atoms with Crippen molar-refractivity contribution in [2.45, 2.75) is 19.6 Å². The molecule has 51 heavy (non-hydrogen) atoms. The first kappa shape index (κ1) is 29.0. The number of rotatable bonds is 3. The Balaban J connectivity index is 1.12. The third kappa shape index (κ3) is 4.73. The molecule has 9 aromatic carbocycles. The van der Waals surface area contributed by atoms with Gasteiger partial charge < -0.3 is 4.42 Å². The predicted octanol–water partition coefficient (Wildman–Crippen LogP) is 14.7. The second kappa shape index (κ2) is 11.4. The van der Waals surface area contributed by atoms with Crippen LogP contribution in [0.15, 0.2) is 194 Å². The van der Waals surface area contributed by atoms with E-state index in [2.05, 4.69) is 158 Å². The normalized spacial score (nSPS) is 12.5. The molecule has 1 aliphatic heterocycles. The number of furan rings is 1. The molecule has 0 N–H and O–H groups in total. The quantitative estimate of drug-likeness (QED) is 0.172. The van der Waals surface area contributed by atoms with Gasteiger partial charge in [0, 0.05) is 30.4 Å². The highest BCUT2D eigenvalue weighted by atomic mass is 32.2. The van der Waals surface area contributed by atoms with E-state index in [9.17, 15) is 0 Å². The summed E-state index contributed by atoms with van der Waals surface area (Å²) in [4.78, 5) is 5.26. The van der Waals surface area contributed by atoms with Crippen molar-refractivity contribution in [3.05, 3.63) is 170 Å². The van der Waals surface area contributed by atoms with E-state index in [-0.39, 0.29) is 0 Å². The van der Waals surface area contributed by atoms with Crippen molar-refractivity contribution in [2.24, 2.45) is 0 Å². The minimum absolute atomic E-state index is 0.912. The molecule has 10 aromatic rings. The fraction of sp³-hybridized carbons (Fsp3) is 0. The van der Waals surface area contributed by atoms with Gasteiger partial charge in [-0.05, 0) is 132 Å². The number of hydrogen-bond donors (Lipinski definition) is 0. The van der Waals surface area contributed by atoms with Gasteiger partial charge >= 0.3 is 0 Å². The van der Waals surface area contributed by atoms with Crippen LogP contribution in [0.1, 0.15) is 0 Å². The van der Waals surface area contributed by atoms with Crippen LogP contribution < -0.4 is 0 Å². The average molecular weight is 685 g/mol. The van der Waals surface area contributed by atoms with E-state index >= 15 is 0 Å². The van der Waals surface area contributed by atoms with Crippen molar-refractivity contribution < 1.29 is 4.42 Å². The van der Waals surface area contributed by atoms with Crippen LogP contribution in [0.25, 0.3) is 87.6 Å². The summed E-state index contributed by atoms with van der Waals surface area (Å²) >= 11 is 3.73. The van der Waals surface area contributed by atoms with Crippen LogP contribution in [-0.4, -0.2) is 0 Å². The van der Waals surface area contributed by atoms with Crippen LogP contribution in [0.4, 0.5) is 0 Å². The monoisotopic (exact) mass is 684 g/mol. The van der Waals surface area contributed by atoms with Crippen molar-refractivity contribution in [3.8, 4) is 33.4 Å². The van der Waals surface area contributed by atoms with Gasteiger partial charge in [-0.1, -0.05) is 127 Å². The SMILES string of the molecule is c1ccc2c(c1)Sc1ccc(-c3cc(-c4ccc5oc6ccccc6c5c4)cc(-c4ccc5c6ccccc6c6ccccc6c5c4)c3)cc1S2. The Hall–Kier alpha value is -5.74. The summed E-state index contributed by atoms with van der Waals surface area (Å²) in [5.41, 5.74) is 9.01. The Morgan fingerprint density at radius 3 is 1.35 bits per heavy atom. The smallest absolute Gasteiger partial charge is 0.135 e. The molecule has 0 saturated heterocycles. The fourth-order valence-corrected chi connectivity index (χ4v) is 10.1. The summed E-state index contributed by atoms with van der Waals surface area (Å²) < 4.78 is 6.21. The maximum atomic E-state index is 6.21. The minimum atomic E-state index is 0.912. The molecule has 0 bridgehead atoms. The Morgan fingerprint density at radius 2 is 0.686 bits per heavy atom. The van der Waals surface area contributed by atoms with E-state index in [0.29, 0.717) is 0 Å². The first-order valence-electron chi connectivity index (χ1n) is 17.2. The molecule has 0 spiro atoms. The number of para-hydroxylation sites is 1. The summed E-state index contributed by atoms with van der Waals surface area (Å²) in [6.45, 7) is 0. The van der Waals surface area contributed by atoms with Gasteiger partial charge in [0.2, 0.25) is 0 Å². The number of hydrogen-bond acceptors (Lipinski definition) is 3. The molecular formula is C48H28OS2. The average Bonchev–Trinajstić information content (AvgIpc) is 3.57. The molecule has 1 nitrogen and oxygen atoms in total. The second-order valence-electron chi connectivity index (χ2n) is 13.3. The molecule has 2 heterocycles. The van der Waals surface area contributed by atoms with Gasteiger partial charge in [0.15, 0.2) is 0 Å². The van der Waals surface area contributed by atoms with Crippen LogP contribution in [-0.2, 0) is 0 Å². The lowest BCUT2D eigenvalue weighted by Crippen LogP contribution is -1.91. The number of benzene rings is 9. The molecule has 1 aromatic heterocycles. The molecule has 0 unspecified atom stereocenters. The summed E-state index contributed by atoms with van der Waals surface area (Å²) in [6, 6.07) is 62.3. The Kier molecular flexibility index (Phi) is 6.49. The molecule has 0 aliphatic carbocycles. The molecule has 0 fully saturated rings. The van der Waals surface area contributed by atoms with E-state index in [4.69, 9.17) is 4.42 Å². The standard InChI is InChI=1S/C48H28OS2/c1-2-11-37-35(9-1)36-10-3-4-12-38(36)41-26-29(17-20-39(37)41)32-23-33(30-18-21-44-42(27-30)40-13-5-6-14-43(40)49-44)25-34(24-32)31-19-22-47-48(28-31)51-46-16-8-7-15-45(46)50-47/h1-28H. The van der Waals surface area contributed by atoms with E-state index < -0.39 is 0 Å². The Morgan fingerprint density at radius 1 is 0.255 bits per heavy atom. The van der Waals surface area contributed by atoms with E-state index in [1.54, 1.807) is 0 Å². The highest BCUT2D eigenvalue weighted by molar-refractivity contribution is 8.05. The zero-order valence-electron chi connectivity index (χ0n) is 27.4. The lowest BCUT2D eigenvalue weighted by molar-refractivity contribution is 0.669. The van der Waals surface area contributed by atoms with Gasteiger partial charge in [-0.25, -0.2) is 0 Å². The third-order valence-corrected chi connectivity index (χ3v) is 12.8. The summed E-state index contributed by atoms with van der Waals surface area (Å²) in [5.74, 6) is 0. The second-order valence-corrected chi connectivity index (χ2v) is 15.4. The van der Waals surface area contributed by atoms with E-state index in [1.807, 2.05) is 35.7 Å². The van der Waals surface area contributed by atoms with Crippen LogP contribution in [0.5, 0.6) is 0 Å². The van der Waals surface area contributed by atoms with Crippen molar-refractivity contribution >= 4 is 77.8 Å². The molecule has 0 radical (unpaired) electrons. The first-order valence-corrected chi connectivity index (χ1v) is 18.9. The van der Waals surface area contributed by atoms with Crippen LogP contribution >= 0.6 is 23.5 Å². The van der Waals surface area contributed by atoms with Gasteiger partial charge in [0.05, 0.1) is 0 Å². The van der Waals surface area contributed by atoms with Gasteiger partial charge in [0.25, 0.3) is 0 Å². The van der Waals surface area contributed by atoms with Crippen molar-refractivity contribution in [1.29, 1.82) is 0 Å². The molecule has 1 aliphatic rings. The van der Waals surface area contributed by atoms with E-state index in [0.717, 1.165) is 21.9 Å². The topological polar surface area (TPSA) is 13.1 Å². The predicted molar refractivity (Wildman–Crippen MR) is 217 cm³/mol. The Labute approximate surface area is 303 Å². The van der Waals surface area contributed by atoms with Gasteiger partial charge in [-0.3, -0.25) is 0 Å². The Bertz CT molecular complexity index is 3010. The van der Waals surface area contributed by atoms with Crippen molar-refractivity contribution in [1.82, 2.24) is 0 Å². The number of fused-ring (bicyclic) bond motifs is 11. The zero-order valence-corrected chi connectivity index (χ0v) is 29.0. The largest absolute Gasteiger partial charge is 0.456 e. The lowest BCUT2D eigenvalue weighted by Gasteiger charge is -2.19. The molecule has 3 heteroatoms. The highest BCUT2D eigenvalue weighted by Gasteiger charge is 2.19. The van der Waals surface area contributed by atoms with Gasteiger partial charge in [0.1, 0.15) is 11.2 Å². The van der Waals surface area contributed by atoms with Crippen LogP contribution in [0.2, 0.25) is 0 Å². The maximum Gasteiger partial charge on any atom is 0.135 e. The third-order valence-electron chi connectivity index (χ3n) is 10.3. The summed E-state index contributed by atoms with van der Waals surface area (Å²) in [6.07, 6.45) is 0. The van der Waals surface area contributed by atoms with Crippen LogP contribution in [0.3, 0.4) is 0 Å². The van der Waals surface area contributed by atoms with Crippen molar-refractivity contribution in [2.75, 3.05) is 0 Å². The van der Waals surface area contributed by atoms with Crippen LogP contribution in [0, 0.1) is 0 Å². The summed E-state index contributed by atoms with van der Waals surface area (Å²) in [7, 11) is 0. The molecule has 238 valence electrons. The maximum absolute atomic E-state index is 6.21. The van der Waals surface area contributed by atoms with E-state index in [1.165, 1.54) is 85.3 Å². The minimum Gasteiger partial charge on any atom is -0.456 e. The highest BCUT2D eigenvalue weighted by Crippen LogP contribution is 2.49. The van der Waals surface area contributed by atoms with Crippen molar-refractivity contribution in [3.63, 3.8) is 0 Å². The molecule has 0 saturated carbocycles. The van der Waals surface area contributed by atoms with Gasteiger partial charge in [-0.2, -0.15) is 0 Å².